The third-order valence-corrected chi connectivity index (χ3v) is 4.79. The van der Waals surface area contributed by atoms with E-state index in [0.29, 0.717) is 5.56 Å². The Labute approximate surface area is 152 Å². The maximum atomic E-state index is 12.5. The number of carboxylic acids is 1. The number of nitrogens with zero attached hydrogens (tertiary/aromatic N) is 3. The molecule has 142 valence electrons. The second kappa shape index (κ2) is 6.98. The number of carbonyl (C=O) groups is 2. The molecule has 27 heavy (non-hydrogen) atoms. The molecule has 9 heteroatoms. The number of rotatable bonds is 3. The number of alkyl halides is 3. The Morgan fingerprint density at radius 3 is 2.07 bits per heavy atom. The Morgan fingerprint density at radius 1 is 1.04 bits per heavy atom. The van der Waals surface area contributed by atoms with Gasteiger partial charge in [0.25, 0.3) is 5.91 Å². The van der Waals surface area contributed by atoms with Crippen LogP contribution in [0.3, 0.4) is 0 Å². The van der Waals surface area contributed by atoms with Gasteiger partial charge < -0.3 is 10.0 Å². The van der Waals surface area contributed by atoms with Gasteiger partial charge in [-0.1, -0.05) is 30.3 Å². The maximum absolute atomic E-state index is 12.5. The van der Waals surface area contributed by atoms with Crippen LogP contribution in [0.25, 0.3) is 0 Å². The fraction of sp³-hybridized carbons (Fsp3) is 0.333. The van der Waals surface area contributed by atoms with Crippen LogP contribution in [0.4, 0.5) is 13.2 Å². The normalized spacial score (nSPS) is 16.8. The fourth-order valence-corrected chi connectivity index (χ4v) is 3.24. The highest BCUT2D eigenvalue weighted by Gasteiger charge is 2.44. The minimum Gasteiger partial charge on any atom is -0.481 e. The fourth-order valence-electron chi connectivity index (χ4n) is 3.24. The van der Waals surface area contributed by atoms with Gasteiger partial charge in [0.15, 0.2) is 0 Å². The van der Waals surface area contributed by atoms with Crippen molar-refractivity contribution in [2.45, 2.75) is 24.4 Å². The lowest BCUT2D eigenvalue weighted by atomic mass is 9.73. The number of piperidine rings is 1. The van der Waals surface area contributed by atoms with Crippen molar-refractivity contribution < 1.29 is 27.9 Å². The SMILES string of the molecule is O=C(c1cnc(C(F)(F)F)nc1)N1CCC(C(=O)O)(c2ccccc2)CC1. The average Bonchev–Trinajstić information content (AvgIpc) is 2.67. The van der Waals surface area contributed by atoms with Gasteiger partial charge in [-0.2, -0.15) is 13.2 Å². The van der Waals surface area contributed by atoms with Crippen molar-refractivity contribution in [1.82, 2.24) is 14.9 Å². The van der Waals surface area contributed by atoms with Gasteiger partial charge in [0.2, 0.25) is 5.82 Å². The van der Waals surface area contributed by atoms with Crippen LogP contribution in [0.1, 0.15) is 34.6 Å². The molecule has 3 rings (SSSR count). The minimum atomic E-state index is -4.68. The zero-order chi connectivity index (χ0) is 19.7. The van der Waals surface area contributed by atoms with Gasteiger partial charge in [-0.15, -0.1) is 0 Å². The number of hydrogen-bond acceptors (Lipinski definition) is 4. The molecule has 0 spiro atoms. The number of carboxylic acid groups (broad SMARTS) is 1. The first kappa shape index (κ1) is 18.8. The molecular weight excluding hydrogens is 363 g/mol. The number of carbonyl (C=O) groups excluding carboxylic acids is 1. The van der Waals surface area contributed by atoms with Crippen LogP contribution in [0, 0.1) is 0 Å². The standard InChI is InChI=1S/C18H16F3N3O3/c19-18(20,21)15-22-10-12(11-23-15)14(25)24-8-6-17(7-9-24,16(26)27)13-4-2-1-3-5-13/h1-5,10-11H,6-9H2,(H,26,27). The van der Waals surface area contributed by atoms with Gasteiger partial charge in [-0.25, -0.2) is 9.97 Å². The predicted molar refractivity (Wildman–Crippen MR) is 87.9 cm³/mol. The molecule has 6 nitrogen and oxygen atoms in total. The summed E-state index contributed by atoms with van der Waals surface area (Å²) in [6.07, 6.45) is -2.58. The molecule has 1 aliphatic heterocycles. The number of benzene rings is 1. The summed E-state index contributed by atoms with van der Waals surface area (Å²) >= 11 is 0. The maximum Gasteiger partial charge on any atom is 0.451 e. The number of likely N-dealkylation sites (tertiary alicyclic amines) is 1. The van der Waals surface area contributed by atoms with Crippen molar-refractivity contribution in [1.29, 1.82) is 0 Å². The second-order valence-electron chi connectivity index (χ2n) is 6.34. The Bertz CT molecular complexity index is 830. The van der Waals surface area contributed by atoms with Crippen LogP contribution in [0.2, 0.25) is 0 Å². The zero-order valence-corrected chi connectivity index (χ0v) is 14.1. The predicted octanol–water partition coefficient (Wildman–Crippen LogP) is 2.75. The van der Waals surface area contributed by atoms with Gasteiger partial charge in [0, 0.05) is 25.5 Å². The van der Waals surface area contributed by atoms with Crippen LogP contribution < -0.4 is 0 Å². The average molecular weight is 379 g/mol. The van der Waals surface area contributed by atoms with Crippen molar-refractivity contribution in [3.8, 4) is 0 Å². The van der Waals surface area contributed by atoms with Crippen LogP contribution in [-0.2, 0) is 16.4 Å². The van der Waals surface area contributed by atoms with E-state index < -0.39 is 29.3 Å². The minimum absolute atomic E-state index is 0.0643. The van der Waals surface area contributed by atoms with Gasteiger partial charge in [-0.3, -0.25) is 9.59 Å². The Hall–Kier alpha value is -2.97. The van der Waals surface area contributed by atoms with E-state index in [9.17, 15) is 27.9 Å². The lowest BCUT2D eigenvalue weighted by Gasteiger charge is -2.39. The highest BCUT2D eigenvalue weighted by Crippen LogP contribution is 2.36. The second-order valence-corrected chi connectivity index (χ2v) is 6.34. The first-order valence-corrected chi connectivity index (χ1v) is 8.21. The van der Waals surface area contributed by atoms with Gasteiger partial charge >= 0.3 is 12.1 Å². The topological polar surface area (TPSA) is 83.4 Å². The molecule has 0 radical (unpaired) electrons. The van der Waals surface area contributed by atoms with Crippen molar-refractivity contribution in [2.24, 2.45) is 0 Å². The summed E-state index contributed by atoms with van der Waals surface area (Å²) in [7, 11) is 0. The Kier molecular flexibility index (Phi) is 4.86. The molecule has 2 heterocycles. The third-order valence-electron chi connectivity index (χ3n) is 4.79. The van der Waals surface area contributed by atoms with Crippen LogP contribution in [0.15, 0.2) is 42.7 Å². The van der Waals surface area contributed by atoms with Gasteiger partial charge in [-0.05, 0) is 18.4 Å². The molecule has 1 aromatic carbocycles. The van der Waals surface area contributed by atoms with E-state index in [0.717, 1.165) is 12.4 Å². The highest BCUT2D eigenvalue weighted by atomic mass is 19.4. The van der Waals surface area contributed by atoms with E-state index >= 15 is 0 Å². The smallest absolute Gasteiger partial charge is 0.451 e. The number of hydrogen-bond donors (Lipinski definition) is 1. The summed E-state index contributed by atoms with van der Waals surface area (Å²) in [5, 5.41) is 9.76. The van der Waals surface area contributed by atoms with E-state index in [2.05, 4.69) is 9.97 Å². The number of amides is 1. The quantitative estimate of drug-likeness (QED) is 0.887. The summed E-state index contributed by atoms with van der Waals surface area (Å²) in [4.78, 5) is 32.2. The van der Waals surface area contributed by atoms with Crippen LogP contribution in [-0.4, -0.2) is 44.9 Å². The monoisotopic (exact) mass is 379 g/mol. The van der Waals surface area contributed by atoms with Crippen molar-refractivity contribution in [2.75, 3.05) is 13.1 Å². The lowest BCUT2D eigenvalue weighted by Crippen LogP contribution is -2.49. The van der Waals surface area contributed by atoms with Crippen molar-refractivity contribution in [3.63, 3.8) is 0 Å². The third kappa shape index (κ3) is 3.62. The van der Waals surface area contributed by atoms with Crippen molar-refractivity contribution >= 4 is 11.9 Å². The van der Waals surface area contributed by atoms with Crippen molar-refractivity contribution in [3.05, 3.63) is 59.7 Å². The van der Waals surface area contributed by atoms with E-state index in [1.165, 1.54) is 4.90 Å². The summed E-state index contributed by atoms with van der Waals surface area (Å²) in [6, 6.07) is 8.81. The molecule has 0 saturated carbocycles. The molecule has 1 aliphatic rings. The van der Waals surface area contributed by atoms with E-state index in [1.807, 2.05) is 0 Å². The van der Waals surface area contributed by atoms with Gasteiger partial charge in [0.05, 0.1) is 11.0 Å². The molecule has 0 aliphatic carbocycles. The molecular formula is C18H16F3N3O3. The molecule has 1 fully saturated rings. The molecule has 1 N–H and O–H groups in total. The van der Waals surface area contributed by atoms with Crippen LogP contribution >= 0.6 is 0 Å². The molecule has 1 aromatic heterocycles. The van der Waals surface area contributed by atoms with E-state index in [1.54, 1.807) is 30.3 Å². The molecule has 0 atom stereocenters. The summed E-state index contributed by atoms with van der Waals surface area (Å²) < 4.78 is 37.6. The van der Waals surface area contributed by atoms with Gasteiger partial charge in [0.1, 0.15) is 0 Å². The Morgan fingerprint density at radius 2 is 1.59 bits per heavy atom. The lowest BCUT2D eigenvalue weighted by molar-refractivity contribution is -0.146. The zero-order valence-electron chi connectivity index (χ0n) is 14.1. The largest absolute Gasteiger partial charge is 0.481 e. The van der Waals surface area contributed by atoms with E-state index in [-0.39, 0.29) is 31.5 Å². The first-order chi connectivity index (χ1) is 12.7. The van der Waals surface area contributed by atoms with E-state index in [4.69, 9.17) is 0 Å². The molecule has 0 bridgehead atoms. The van der Waals surface area contributed by atoms with Crippen LogP contribution in [0.5, 0.6) is 0 Å². The molecule has 0 unspecified atom stereocenters. The summed E-state index contributed by atoms with van der Waals surface area (Å²) in [5.41, 5.74) is -0.484. The number of halogens is 3. The highest BCUT2D eigenvalue weighted by molar-refractivity contribution is 5.94. The number of aromatic nitrogens is 2. The number of aliphatic carboxylic acids is 1. The molecule has 1 saturated heterocycles. The molecule has 1 amide bonds. The summed E-state index contributed by atoms with van der Waals surface area (Å²) in [6.45, 7) is 0.335. The summed E-state index contributed by atoms with van der Waals surface area (Å²) in [5.74, 6) is -2.79. The first-order valence-electron chi connectivity index (χ1n) is 8.21. The Balaban J connectivity index is 1.75. The molecule has 2 aromatic rings.